The van der Waals surface area contributed by atoms with Crippen LogP contribution in [0, 0.1) is 19.8 Å². The Labute approximate surface area is 122 Å². The maximum absolute atomic E-state index is 12.8. The number of hydrogen-bond acceptors (Lipinski definition) is 2. The van der Waals surface area contributed by atoms with E-state index in [0.29, 0.717) is 12.3 Å². The van der Waals surface area contributed by atoms with E-state index in [9.17, 15) is 4.79 Å². The molecule has 110 valence electrons. The first-order valence-corrected chi connectivity index (χ1v) is 7.62. The number of carbonyl (C=O) groups is 1. The number of ether oxygens (including phenoxy) is 1. The number of methoxy groups -OCH3 is 1. The van der Waals surface area contributed by atoms with E-state index in [4.69, 9.17) is 4.74 Å². The molecule has 0 unspecified atom stereocenters. The number of ketones is 1. The van der Waals surface area contributed by atoms with Crippen LogP contribution in [0.5, 0.6) is 0 Å². The largest absolute Gasteiger partial charge is 0.370 e. The second-order valence-electron chi connectivity index (χ2n) is 6.35. The van der Waals surface area contributed by atoms with Gasteiger partial charge in [-0.25, -0.2) is 0 Å². The SMILES string of the molecule is COC1(C(=O)Cc2c(C)cccc2C)CCC(C)CC1. The molecule has 1 aromatic rings. The molecule has 20 heavy (non-hydrogen) atoms. The Morgan fingerprint density at radius 2 is 1.80 bits per heavy atom. The van der Waals surface area contributed by atoms with Gasteiger partial charge in [0.2, 0.25) is 0 Å². The molecule has 0 amide bonds. The van der Waals surface area contributed by atoms with E-state index in [1.165, 1.54) is 16.7 Å². The summed E-state index contributed by atoms with van der Waals surface area (Å²) in [5.41, 5.74) is 3.04. The Balaban J connectivity index is 2.18. The van der Waals surface area contributed by atoms with Crippen LogP contribution < -0.4 is 0 Å². The van der Waals surface area contributed by atoms with Gasteiger partial charge in [-0.3, -0.25) is 4.79 Å². The smallest absolute Gasteiger partial charge is 0.168 e. The van der Waals surface area contributed by atoms with E-state index in [-0.39, 0.29) is 5.78 Å². The first-order chi connectivity index (χ1) is 9.48. The molecule has 0 radical (unpaired) electrons. The lowest BCUT2D eigenvalue weighted by Crippen LogP contribution is -2.44. The maximum Gasteiger partial charge on any atom is 0.168 e. The molecule has 2 nitrogen and oxygen atoms in total. The van der Waals surface area contributed by atoms with Crippen molar-refractivity contribution in [3.63, 3.8) is 0 Å². The molecule has 1 aromatic carbocycles. The van der Waals surface area contributed by atoms with Crippen molar-refractivity contribution in [3.8, 4) is 0 Å². The predicted molar refractivity (Wildman–Crippen MR) is 82.0 cm³/mol. The van der Waals surface area contributed by atoms with Gasteiger partial charge in [-0.15, -0.1) is 0 Å². The van der Waals surface area contributed by atoms with Gasteiger partial charge in [-0.05, 0) is 62.1 Å². The zero-order valence-electron chi connectivity index (χ0n) is 13.2. The van der Waals surface area contributed by atoms with E-state index < -0.39 is 5.60 Å². The minimum atomic E-state index is -0.540. The fraction of sp³-hybridized carbons (Fsp3) is 0.611. The molecule has 0 aromatic heterocycles. The summed E-state index contributed by atoms with van der Waals surface area (Å²) in [6.07, 6.45) is 4.42. The topological polar surface area (TPSA) is 26.3 Å². The van der Waals surface area contributed by atoms with Crippen molar-refractivity contribution in [2.75, 3.05) is 7.11 Å². The fourth-order valence-corrected chi connectivity index (χ4v) is 3.27. The number of benzene rings is 1. The van der Waals surface area contributed by atoms with E-state index in [1.54, 1.807) is 7.11 Å². The quantitative estimate of drug-likeness (QED) is 0.829. The summed E-state index contributed by atoms with van der Waals surface area (Å²) in [6.45, 7) is 6.42. The summed E-state index contributed by atoms with van der Waals surface area (Å²) in [5, 5.41) is 0. The molecule has 0 atom stereocenters. The summed E-state index contributed by atoms with van der Waals surface area (Å²) in [7, 11) is 1.69. The van der Waals surface area contributed by atoms with Crippen LogP contribution in [0.2, 0.25) is 0 Å². The predicted octanol–water partition coefficient (Wildman–Crippen LogP) is 4.01. The Morgan fingerprint density at radius 1 is 1.25 bits per heavy atom. The fourth-order valence-electron chi connectivity index (χ4n) is 3.27. The van der Waals surface area contributed by atoms with Crippen molar-refractivity contribution in [3.05, 3.63) is 34.9 Å². The number of rotatable bonds is 4. The summed E-state index contributed by atoms with van der Waals surface area (Å²) >= 11 is 0. The monoisotopic (exact) mass is 274 g/mol. The average Bonchev–Trinajstić information content (AvgIpc) is 2.44. The molecular weight excluding hydrogens is 248 g/mol. The molecule has 0 bridgehead atoms. The van der Waals surface area contributed by atoms with Crippen LogP contribution in [-0.2, 0) is 16.0 Å². The average molecular weight is 274 g/mol. The Bertz CT molecular complexity index is 462. The molecule has 1 saturated carbocycles. The maximum atomic E-state index is 12.8. The molecule has 0 N–H and O–H groups in total. The van der Waals surface area contributed by atoms with Gasteiger partial charge >= 0.3 is 0 Å². The molecule has 1 fully saturated rings. The third-order valence-electron chi connectivity index (χ3n) is 4.96. The van der Waals surface area contributed by atoms with Gasteiger partial charge < -0.3 is 4.74 Å². The Kier molecular flexibility index (Phi) is 4.64. The van der Waals surface area contributed by atoms with Gasteiger partial charge in [0.15, 0.2) is 5.78 Å². The normalized spacial score (nSPS) is 26.5. The van der Waals surface area contributed by atoms with Crippen molar-refractivity contribution in [2.24, 2.45) is 5.92 Å². The first kappa shape index (κ1) is 15.2. The van der Waals surface area contributed by atoms with Crippen molar-refractivity contribution in [2.45, 2.75) is 58.5 Å². The highest BCUT2D eigenvalue weighted by Crippen LogP contribution is 2.36. The molecule has 1 aliphatic rings. The van der Waals surface area contributed by atoms with Gasteiger partial charge in [-0.2, -0.15) is 0 Å². The van der Waals surface area contributed by atoms with Crippen LogP contribution in [0.15, 0.2) is 18.2 Å². The summed E-state index contributed by atoms with van der Waals surface area (Å²) in [6, 6.07) is 6.21. The molecule has 1 aliphatic carbocycles. The lowest BCUT2D eigenvalue weighted by Gasteiger charge is -2.37. The number of hydrogen-bond donors (Lipinski definition) is 0. The van der Waals surface area contributed by atoms with Crippen LogP contribution in [0.4, 0.5) is 0 Å². The lowest BCUT2D eigenvalue weighted by molar-refractivity contribution is -0.145. The standard InChI is InChI=1S/C18H26O2/c1-13-8-10-18(20-4,11-9-13)17(19)12-16-14(2)6-5-7-15(16)3/h5-7,13H,8-12H2,1-4H3. The summed E-state index contributed by atoms with van der Waals surface area (Å²) in [5.74, 6) is 0.968. The first-order valence-electron chi connectivity index (χ1n) is 7.62. The molecule has 2 rings (SSSR count). The Hall–Kier alpha value is -1.15. The molecule has 0 heterocycles. The van der Waals surface area contributed by atoms with Crippen LogP contribution >= 0.6 is 0 Å². The van der Waals surface area contributed by atoms with Gasteiger partial charge in [0.05, 0.1) is 0 Å². The Morgan fingerprint density at radius 3 is 2.30 bits per heavy atom. The number of carbonyl (C=O) groups excluding carboxylic acids is 1. The van der Waals surface area contributed by atoms with Gasteiger partial charge in [0, 0.05) is 13.5 Å². The van der Waals surface area contributed by atoms with Crippen LogP contribution in [0.25, 0.3) is 0 Å². The highest BCUT2D eigenvalue weighted by Gasteiger charge is 2.40. The molecule has 0 aliphatic heterocycles. The second kappa shape index (κ2) is 6.09. The highest BCUT2D eigenvalue weighted by molar-refractivity contribution is 5.89. The third-order valence-corrected chi connectivity index (χ3v) is 4.96. The van der Waals surface area contributed by atoms with E-state index >= 15 is 0 Å². The van der Waals surface area contributed by atoms with Crippen molar-refractivity contribution < 1.29 is 9.53 Å². The number of Topliss-reactive ketones (excluding diaryl/α,β-unsaturated/α-hetero) is 1. The van der Waals surface area contributed by atoms with Crippen LogP contribution in [-0.4, -0.2) is 18.5 Å². The zero-order valence-corrected chi connectivity index (χ0v) is 13.2. The lowest BCUT2D eigenvalue weighted by atomic mass is 9.75. The van der Waals surface area contributed by atoms with Crippen molar-refractivity contribution in [1.82, 2.24) is 0 Å². The van der Waals surface area contributed by atoms with Gasteiger partial charge in [0.1, 0.15) is 5.60 Å². The zero-order chi connectivity index (χ0) is 14.8. The number of aryl methyl sites for hydroxylation is 2. The minimum Gasteiger partial charge on any atom is -0.370 e. The molecule has 0 saturated heterocycles. The van der Waals surface area contributed by atoms with Gasteiger partial charge in [-0.1, -0.05) is 25.1 Å². The third kappa shape index (κ3) is 2.95. The van der Waals surface area contributed by atoms with Crippen LogP contribution in [0.3, 0.4) is 0 Å². The van der Waals surface area contributed by atoms with E-state index in [2.05, 4.69) is 32.9 Å². The highest BCUT2D eigenvalue weighted by atomic mass is 16.5. The van der Waals surface area contributed by atoms with Crippen molar-refractivity contribution >= 4 is 5.78 Å². The van der Waals surface area contributed by atoms with Crippen LogP contribution in [0.1, 0.15) is 49.3 Å². The summed E-state index contributed by atoms with van der Waals surface area (Å²) in [4.78, 5) is 12.8. The van der Waals surface area contributed by atoms with Crippen molar-refractivity contribution in [1.29, 1.82) is 0 Å². The molecular formula is C18H26O2. The second-order valence-corrected chi connectivity index (χ2v) is 6.35. The summed E-state index contributed by atoms with van der Waals surface area (Å²) < 4.78 is 5.69. The van der Waals surface area contributed by atoms with Gasteiger partial charge in [0.25, 0.3) is 0 Å². The van der Waals surface area contributed by atoms with E-state index in [0.717, 1.165) is 25.7 Å². The molecule has 2 heteroatoms. The molecule has 0 spiro atoms. The van der Waals surface area contributed by atoms with E-state index in [1.807, 2.05) is 6.07 Å². The minimum absolute atomic E-state index is 0.254.